The Hall–Kier alpha value is -4.06. The monoisotopic (exact) mass is 470 g/mol. The van der Waals surface area contributed by atoms with Crippen molar-refractivity contribution in [1.82, 2.24) is 0 Å². The molecule has 0 bridgehead atoms. The zero-order chi connectivity index (χ0) is 25.3. The first kappa shape index (κ1) is 24.1. The minimum atomic E-state index is -0.756. The maximum atomic E-state index is 13.3. The van der Waals surface area contributed by atoms with Gasteiger partial charge in [0.15, 0.2) is 0 Å². The molecule has 1 atom stereocenters. The predicted molar refractivity (Wildman–Crippen MR) is 139 cm³/mol. The fraction of sp³-hybridized carbons (Fsp3) is 0.241. The van der Waals surface area contributed by atoms with Crippen LogP contribution in [0.1, 0.15) is 36.6 Å². The highest BCUT2D eigenvalue weighted by molar-refractivity contribution is 6.51. The Labute approximate surface area is 206 Å². The van der Waals surface area contributed by atoms with E-state index in [1.54, 1.807) is 18.2 Å². The van der Waals surface area contributed by atoms with Gasteiger partial charge < -0.3 is 14.7 Å². The van der Waals surface area contributed by atoms with Crippen LogP contribution in [0.15, 0.2) is 78.4 Å². The third-order valence-electron chi connectivity index (χ3n) is 6.02. The minimum Gasteiger partial charge on any atom is -0.507 e. The van der Waals surface area contributed by atoms with Crippen molar-refractivity contribution >= 4 is 28.8 Å². The molecular weight excluding hydrogens is 440 g/mol. The second-order valence-corrected chi connectivity index (χ2v) is 9.14. The van der Waals surface area contributed by atoms with Crippen molar-refractivity contribution in [3.05, 3.63) is 95.1 Å². The summed E-state index contributed by atoms with van der Waals surface area (Å²) < 4.78 is 5.80. The third kappa shape index (κ3) is 4.64. The van der Waals surface area contributed by atoms with Crippen LogP contribution in [0.25, 0.3) is 5.76 Å². The molecule has 4 rings (SSSR count). The average Bonchev–Trinajstić information content (AvgIpc) is 3.10. The zero-order valence-corrected chi connectivity index (χ0v) is 20.6. The van der Waals surface area contributed by atoms with Crippen LogP contribution in [0, 0.1) is 6.92 Å². The minimum absolute atomic E-state index is 0.00966. The number of carbonyl (C=O) groups excluding carboxylic acids is 2. The molecule has 3 aromatic carbocycles. The largest absolute Gasteiger partial charge is 0.507 e. The Morgan fingerprint density at radius 1 is 0.971 bits per heavy atom. The normalized spacial score (nSPS) is 17.2. The molecule has 6 heteroatoms. The van der Waals surface area contributed by atoms with Crippen molar-refractivity contribution in [2.45, 2.75) is 32.9 Å². The highest BCUT2D eigenvalue weighted by atomic mass is 16.5. The molecule has 1 aliphatic rings. The van der Waals surface area contributed by atoms with Gasteiger partial charge in [-0.05, 0) is 74.4 Å². The van der Waals surface area contributed by atoms with Crippen LogP contribution in [-0.2, 0) is 9.59 Å². The number of ketones is 1. The second-order valence-electron chi connectivity index (χ2n) is 9.14. The van der Waals surface area contributed by atoms with Crippen LogP contribution in [0.4, 0.5) is 11.4 Å². The molecule has 1 fully saturated rings. The molecule has 35 heavy (non-hydrogen) atoms. The lowest BCUT2D eigenvalue weighted by Crippen LogP contribution is -2.29. The van der Waals surface area contributed by atoms with Gasteiger partial charge in [-0.2, -0.15) is 0 Å². The first-order valence-corrected chi connectivity index (χ1v) is 11.6. The van der Waals surface area contributed by atoms with Crippen molar-refractivity contribution in [2.75, 3.05) is 23.9 Å². The maximum absolute atomic E-state index is 13.3. The number of anilines is 2. The number of Topliss-reactive ketones (excluding diaryl/α,β-unsaturated/α-hetero) is 1. The second kappa shape index (κ2) is 9.66. The number of aryl methyl sites for hydroxylation is 1. The van der Waals surface area contributed by atoms with Crippen LogP contribution in [0.2, 0.25) is 0 Å². The molecule has 3 aromatic rings. The molecule has 0 spiro atoms. The van der Waals surface area contributed by atoms with Crippen molar-refractivity contribution in [3.63, 3.8) is 0 Å². The molecule has 0 aliphatic carbocycles. The van der Waals surface area contributed by atoms with Crippen LogP contribution in [0.3, 0.4) is 0 Å². The Kier molecular flexibility index (Phi) is 6.65. The van der Waals surface area contributed by atoms with Crippen molar-refractivity contribution < 1.29 is 19.4 Å². The van der Waals surface area contributed by atoms with Crippen LogP contribution in [0.5, 0.6) is 5.75 Å². The number of aliphatic hydroxyl groups is 1. The molecule has 1 heterocycles. The van der Waals surface area contributed by atoms with Gasteiger partial charge in [0.25, 0.3) is 11.7 Å². The number of carbonyl (C=O) groups is 2. The maximum Gasteiger partial charge on any atom is 0.300 e. The molecule has 1 N–H and O–H groups in total. The van der Waals surface area contributed by atoms with E-state index in [1.807, 2.05) is 94.4 Å². The van der Waals surface area contributed by atoms with Crippen LogP contribution < -0.4 is 14.5 Å². The van der Waals surface area contributed by atoms with E-state index in [-0.39, 0.29) is 17.4 Å². The molecule has 0 radical (unpaired) electrons. The Bertz CT molecular complexity index is 1280. The van der Waals surface area contributed by atoms with Gasteiger partial charge in [0, 0.05) is 31.0 Å². The predicted octanol–water partition coefficient (Wildman–Crippen LogP) is 5.47. The van der Waals surface area contributed by atoms with Crippen molar-refractivity contribution in [1.29, 1.82) is 0 Å². The SMILES string of the molecule is Cc1cc(/C(O)=C2/C(=O)C(=O)N(c3ccc(N(C)C)cc3)C2c2ccccc2)ccc1OC(C)C. The van der Waals surface area contributed by atoms with Gasteiger partial charge in [-0.15, -0.1) is 0 Å². The molecule has 0 aromatic heterocycles. The van der Waals surface area contributed by atoms with Crippen molar-refractivity contribution in [2.24, 2.45) is 0 Å². The quantitative estimate of drug-likeness (QED) is 0.294. The molecule has 0 saturated carbocycles. The van der Waals surface area contributed by atoms with Gasteiger partial charge in [0.1, 0.15) is 11.5 Å². The van der Waals surface area contributed by atoms with E-state index >= 15 is 0 Å². The highest BCUT2D eigenvalue weighted by Crippen LogP contribution is 2.42. The lowest BCUT2D eigenvalue weighted by molar-refractivity contribution is -0.132. The van der Waals surface area contributed by atoms with E-state index < -0.39 is 17.7 Å². The molecule has 6 nitrogen and oxygen atoms in total. The summed E-state index contributed by atoms with van der Waals surface area (Å²) in [5, 5.41) is 11.4. The van der Waals surface area contributed by atoms with Gasteiger partial charge in [-0.25, -0.2) is 0 Å². The van der Waals surface area contributed by atoms with E-state index in [0.717, 1.165) is 16.8 Å². The number of nitrogens with zero attached hydrogens (tertiary/aromatic N) is 2. The lowest BCUT2D eigenvalue weighted by Gasteiger charge is -2.26. The summed E-state index contributed by atoms with van der Waals surface area (Å²) >= 11 is 0. The highest BCUT2D eigenvalue weighted by Gasteiger charge is 2.46. The summed E-state index contributed by atoms with van der Waals surface area (Å²) in [5.41, 5.74) is 3.65. The summed E-state index contributed by atoms with van der Waals surface area (Å²) in [6.45, 7) is 5.77. The number of hydrogen-bond donors (Lipinski definition) is 1. The van der Waals surface area contributed by atoms with Crippen LogP contribution >= 0.6 is 0 Å². The average molecular weight is 471 g/mol. The summed E-state index contributed by atoms with van der Waals surface area (Å²) in [4.78, 5) is 30.0. The Balaban J connectivity index is 1.85. The van der Waals surface area contributed by atoms with Crippen molar-refractivity contribution in [3.8, 4) is 5.75 Å². The Morgan fingerprint density at radius 3 is 2.20 bits per heavy atom. The van der Waals surface area contributed by atoms with Gasteiger partial charge in [-0.3, -0.25) is 14.5 Å². The summed E-state index contributed by atoms with van der Waals surface area (Å²) in [7, 11) is 3.87. The first-order valence-electron chi connectivity index (χ1n) is 11.6. The number of amides is 1. The van der Waals surface area contributed by atoms with E-state index in [2.05, 4.69) is 0 Å². The van der Waals surface area contributed by atoms with E-state index in [1.165, 1.54) is 4.90 Å². The smallest absolute Gasteiger partial charge is 0.300 e. The zero-order valence-electron chi connectivity index (χ0n) is 20.6. The molecule has 1 amide bonds. The standard InChI is InChI=1S/C29H30N2O4/c1-18(2)35-24-16-11-21(17-19(24)3)27(32)25-26(20-9-7-6-8-10-20)31(29(34)28(25)33)23-14-12-22(13-15-23)30(4)5/h6-18,26,32H,1-5H3/b27-25-. The molecule has 180 valence electrons. The topological polar surface area (TPSA) is 70.1 Å². The number of ether oxygens (including phenoxy) is 1. The van der Waals surface area contributed by atoms with Gasteiger partial charge in [0.2, 0.25) is 0 Å². The number of benzene rings is 3. The summed E-state index contributed by atoms with van der Waals surface area (Å²) in [6, 6.07) is 21.2. The molecule has 1 saturated heterocycles. The number of rotatable bonds is 6. The van der Waals surface area contributed by atoms with Gasteiger partial charge >= 0.3 is 0 Å². The lowest BCUT2D eigenvalue weighted by atomic mass is 9.94. The fourth-order valence-electron chi connectivity index (χ4n) is 4.30. The fourth-order valence-corrected chi connectivity index (χ4v) is 4.30. The number of hydrogen-bond acceptors (Lipinski definition) is 5. The van der Waals surface area contributed by atoms with Crippen LogP contribution in [-0.4, -0.2) is 37.0 Å². The summed E-state index contributed by atoms with van der Waals surface area (Å²) in [5.74, 6) is -0.885. The van der Waals surface area contributed by atoms with Gasteiger partial charge in [-0.1, -0.05) is 30.3 Å². The Morgan fingerprint density at radius 2 is 1.63 bits per heavy atom. The molecule has 1 aliphatic heterocycles. The molecular formula is C29H30N2O4. The first-order chi connectivity index (χ1) is 16.7. The molecule has 1 unspecified atom stereocenters. The third-order valence-corrected chi connectivity index (χ3v) is 6.02. The van der Waals surface area contributed by atoms with E-state index in [0.29, 0.717) is 17.0 Å². The van der Waals surface area contributed by atoms with E-state index in [9.17, 15) is 14.7 Å². The van der Waals surface area contributed by atoms with E-state index in [4.69, 9.17) is 4.74 Å². The number of aliphatic hydroxyl groups excluding tert-OH is 1. The summed E-state index contributed by atoms with van der Waals surface area (Å²) in [6.07, 6.45) is 0.00966. The van der Waals surface area contributed by atoms with Gasteiger partial charge in [0.05, 0.1) is 17.7 Å².